The van der Waals surface area contributed by atoms with Crippen LogP contribution in [-0.4, -0.2) is 45.5 Å². The molecule has 152 valence electrons. The number of H-pyrrole nitrogens is 1. The number of rotatable bonds is 5. The molecule has 0 saturated carbocycles. The van der Waals surface area contributed by atoms with Gasteiger partial charge in [-0.2, -0.15) is 0 Å². The fourth-order valence-electron chi connectivity index (χ4n) is 3.31. The third kappa shape index (κ3) is 5.72. The quantitative estimate of drug-likeness (QED) is 0.791. The van der Waals surface area contributed by atoms with E-state index < -0.39 is 0 Å². The normalized spacial score (nSPS) is 16.2. The number of likely N-dealkylation sites (tertiary alicyclic amines) is 1. The maximum atomic E-state index is 12.7. The first-order chi connectivity index (χ1) is 13.2. The molecule has 1 aromatic carbocycles. The number of aromatic nitrogens is 2. The highest BCUT2D eigenvalue weighted by molar-refractivity contribution is 6.31. The van der Waals surface area contributed by atoms with E-state index in [0.29, 0.717) is 16.3 Å². The molecule has 1 fully saturated rings. The number of amides is 1. The summed E-state index contributed by atoms with van der Waals surface area (Å²) in [6.07, 6.45) is 3.75. The number of aromatic amines is 1. The molecule has 0 unspecified atom stereocenters. The third-order valence-electron chi connectivity index (χ3n) is 4.63. The fourth-order valence-corrected chi connectivity index (χ4v) is 3.49. The number of halogens is 1. The number of hydrogen-bond acceptors (Lipinski definition) is 4. The number of carbonyl (C=O) groups is 1. The number of nitrogens with zero attached hydrogens (tertiary/aromatic N) is 2. The second kappa shape index (κ2) is 8.53. The largest absolute Gasteiger partial charge is 0.489 e. The SMILES string of the molecule is Cc1cnc(CN2CCC(Oc3ccc(Cl)cc3C(=O)NC(C)(C)C)CC2)[nH]1. The van der Waals surface area contributed by atoms with Gasteiger partial charge in [0.15, 0.2) is 0 Å². The molecule has 3 rings (SSSR count). The van der Waals surface area contributed by atoms with Gasteiger partial charge in [-0.05, 0) is 58.7 Å². The molecule has 0 radical (unpaired) electrons. The summed E-state index contributed by atoms with van der Waals surface area (Å²) in [6.45, 7) is 10.5. The van der Waals surface area contributed by atoms with Crippen molar-refractivity contribution in [1.29, 1.82) is 0 Å². The van der Waals surface area contributed by atoms with E-state index in [4.69, 9.17) is 16.3 Å². The summed E-state index contributed by atoms with van der Waals surface area (Å²) in [6, 6.07) is 5.23. The Hall–Kier alpha value is -2.05. The summed E-state index contributed by atoms with van der Waals surface area (Å²) >= 11 is 6.12. The molecule has 1 aromatic heterocycles. The molecular weight excluding hydrogens is 376 g/mol. The second-order valence-corrected chi connectivity index (χ2v) is 8.89. The number of benzene rings is 1. The van der Waals surface area contributed by atoms with Crippen LogP contribution in [0.15, 0.2) is 24.4 Å². The van der Waals surface area contributed by atoms with Crippen molar-refractivity contribution >= 4 is 17.5 Å². The Morgan fingerprint density at radius 1 is 1.36 bits per heavy atom. The monoisotopic (exact) mass is 404 g/mol. The highest BCUT2D eigenvalue weighted by atomic mass is 35.5. The standard InChI is InChI=1S/C21H29ClN4O2/c1-14-12-23-19(24-14)13-26-9-7-16(8-10-26)28-18-6-5-15(22)11-17(18)20(27)25-21(2,3)4/h5-6,11-12,16H,7-10,13H2,1-4H3,(H,23,24)(H,25,27). The molecule has 1 saturated heterocycles. The minimum atomic E-state index is -0.327. The molecule has 2 N–H and O–H groups in total. The van der Waals surface area contributed by atoms with Gasteiger partial charge in [-0.3, -0.25) is 9.69 Å². The van der Waals surface area contributed by atoms with Gasteiger partial charge in [0, 0.05) is 35.5 Å². The van der Waals surface area contributed by atoms with E-state index in [1.165, 1.54) is 0 Å². The summed E-state index contributed by atoms with van der Waals surface area (Å²) in [5.74, 6) is 1.41. The highest BCUT2D eigenvalue weighted by Crippen LogP contribution is 2.27. The molecule has 2 heterocycles. The van der Waals surface area contributed by atoms with Crippen molar-refractivity contribution < 1.29 is 9.53 Å². The predicted octanol–water partition coefficient (Wildman–Crippen LogP) is 3.94. The number of ether oxygens (including phenoxy) is 1. The van der Waals surface area contributed by atoms with E-state index in [2.05, 4.69) is 20.2 Å². The minimum Gasteiger partial charge on any atom is -0.489 e. The summed E-state index contributed by atoms with van der Waals surface area (Å²) in [5.41, 5.74) is 1.24. The Bertz CT molecular complexity index is 820. The molecular formula is C21H29ClN4O2. The Morgan fingerprint density at radius 2 is 2.07 bits per heavy atom. The van der Waals surface area contributed by atoms with Crippen LogP contribution in [-0.2, 0) is 6.54 Å². The van der Waals surface area contributed by atoms with Crippen LogP contribution in [0.4, 0.5) is 0 Å². The van der Waals surface area contributed by atoms with Gasteiger partial charge >= 0.3 is 0 Å². The first kappa shape index (κ1) is 20.7. The zero-order chi connectivity index (χ0) is 20.3. The molecule has 1 aliphatic rings. The van der Waals surface area contributed by atoms with Crippen molar-refractivity contribution in [3.05, 3.63) is 46.5 Å². The van der Waals surface area contributed by atoms with Gasteiger partial charge in [-0.15, -0.1) is 0 Å². The lowest BCUT2D eigenvalue weighted by atomic mass is 10.1. The van der Waals surface area contributed by atoms with E-state index in [1.54, 1.807) is 18.2 Å². The van der Waals surface area contributed by atoms with Gasteiger partial charge in [0.25, 0.3) is 5.91 Å². The molecule has 1 aliphatic heterocycles. The molecule has 2 aromatic rings. The van der Waals surface area contributed by atoms with Crippen LogP contribution >= 0.6 is 11.6 Å². The lowest BCUT2D eigenvalue weighted by Gasteiger charge is -2.32. The zero-order valence-corrected chi connectivity index (χ0v) is 17.8. The Kier molecular flexibility index (Phi) is 6.30. The number of aryl methyl sites for hydroxylation is 1. The van der Waals surface area contributed by atoms with E-state index in [1.807, 2.05) is 33.9 Å². The van der Waals surface area contributed by atoms with Crippen LogP contribution in [0.25, 0.3) is 0 Å². The van der Waals surface area contributed by atoms with Gasteiger partial charge in [0.05, 0.1) is 12.1 Å². The Labute approximate surface area is 171 Å². The molecule has 6 nitrogen and oxygen atoms in total. The molecule has 0 atom stereocenters. The van der Waals surface area contributed by atoms with Gasteiger partial charge in [-0.25, -0.2) is 4.98 Å². The van der Waals surface area contributed by atoms with E-state index in [-0.39, 0.29) is 17.6 Å². The molecule has 0 spiro atoms. The Morgan fingerprint density at radius 3 is 2.68 bits per heavy atom. The number of piperidine rings is 1. The van der Waals surface area contributed by atoms with Crippen molar-refractivity contribution in [2.45, 2.75) is 58.7 Å². The van der Waals surface area contributed by atoms with Crippen LogP contribution < -0.4 is 10.1 Å². The average molecular weight is 405 g/mol. The fraction of sp³-hybridized carbons (Fsp3) is 0.524. The van der Waals surface area contributed by atoms with Crippen LogP contribution in [0, 0.1) is 6.92 Å². The molecule has 0 bridgehead atoms. The van der Waals surface area contributed by atoms with Gasteiger partial charge < -0.3 is 15.0 Å². The van der Waals surface area contributed by atoms with E-state index in [9.17, 15) is 4.79 Å². The van der Waals surface area contributed by atoms with Crippen molar-refractivity contribution in [2.24, 2.45) is 0 Å². The van der Waals surface area contributed by atoms with Crippen LogP contribution in [0.3, 0.4) is 0 Å². The molecule has 1 amide bonds. The number of nitrogens with one attached hydrogen (secondary N) is 2. The number of hydrogen-bond donors (Lipinski definition) is 2. The summed E-state index contributed by atoms with van der Waals surface area (Å²) in [4.78, 5) is 22.7. The van der Waals surface area contributed by atoms with E-state index in [0.717, 1.165) is 44.0 Å². The molecule has 28 heavy (non-hydrogen) atoms. The molecule has 0 aliphatic carbocycles. The zero-order valence-electron chi connectivity index (χ0n) is 17.0. The van der Waals surface area contributed by atoms with Crippen molar-refractivity contribution in [2.75, 3.05) is 13.1 Å². The van der Waals surface area contributed by atoms with Gasteiger partial charge in [0.2, 0.25) is 0 Å². The van der Waals surface area contributed by atoms with Crippen molar-refractivity contribution in [3.8, 4) is 5.75 Å². The third-order valence-corrected chi connectivity index (χ3v) is 4.87. The lowest BCUT2D eigenvalue weighted by Crippen LogP contribution is -2.41. The Balaban J connectivity index is 1.61. The lowest BCUT2D eigenvalue weighted by molar-refractivity contribution is 0.0866. The second-order valence-electron chi connectivity index (χ2n) is 8.45. The first-order valence-electron chi connectivity index (χ1n) is 9.71. The maximum Gasteiger partial charge on any atom is 0.255 e. The first-order valence-corrected chi connectivity index (χ1v) is 10.1. The predicted molar refractivity (Wildman–Crippen MR) is 111 cm³/mol. The van der Waals surface area contributed by atoms with Crippen molar-refractivity contribution in [3.63, 3.8) is 0 Å². The number of imidazole rings is 1. The minimum absolute atomic E-state index is 0.0805. The molecule has 7 heteroatoms. The summed E-state index contributed by atoms with van der Waals surface area (Å²) < 4.78 is 6.21. The van der Waals surface area contributed by atoms with Crippen LogP contribution in [0.1, 0.15) is 55.5 Å². The van der Waals surface area contributed by atoms with Gasteiger partial charge in [-0.1, -0.05) is 11.6 Å². The summed E-state index contributed by atoms with van der Waals surface area (Å²) in [5, 5.41) is 3.50. The topological polar surface area (TPSA) is 70.2 Å². The highest BCUT2D eigenvalue weighted by Gasteiger charge is 2.24. The average Bonchev–Trinajstić information content (AvgIpc) is 3.01. The smallest absolute Gasteiger partial charge is 0.255 e. The van der Waals surface area contributed by atoms with Gasteiger partial charge in [0.1, 0.15) is 17.7 Å². The maximum absolute atomic E-state index is 12.7. The van der Waals surface area contributed by atoms with Crippen LogP contribution in [0.5, 0.6) is 5.75 Å². The van der Waals surface area contributed by atoms with Crippen LogP contribution in [0.2, 0.25) is 5.02 Å². The number of carbonyl (C=O) groups excluding carboxylic acids is 1. The van der Waals surface area contributed by atoms with Crippen molar-refractivity contribution in [1.82, 2.24) is 20.2 Å². The van der Waals surface area contributed by atoms with E-state index >= 15 is 0 Å². The summed E-state index contributed by atoms with van der Waals surface area (Å²) in [7, 11) is 0.